The van der Waals surface area contributed by atoms with Gasteiger partial charge in [0.25, 0.3) is 0 Å². The van der Waals surface area contributed by atoms with Gasteiger partial charge in [0, 0.05) is 13.7 Å². The van der Waals surface area contributed by atoms with Gasteiger partial charge in [-0.2, -0.15) is 0 Å². The summed E-state index contributed by atoms with van der Waals surface area (Å²) in [5, 5.41) is 19.9. The molecule has 3 N–H and O–H groups in total. The van der Waals surface area contributed by atoms with E-state index in [1.807, 2.05) is 0 Å². The van der Waals surface area contributed by atoms with Crippen molar-refractivity contribution in [1.82, 2.24) is 10.2 Å². The first-order valence-corrected chi connectivity index (χ1v) is 6.45. The number of carboxylic acid groups (broad SMARTS) is 2. The van der Waals surface area contributed by atoms with Crippen molar-refractivity contribution in [2.75, 3.05) is 20.2 Å². The highest BCUT2D eigenvalue weighted by Gasteiger charge is 2.35. The smallest absolute Gasteiger partial charge is 0.334 e. The maximum atomic E-state index is 11.9. The fourth-order valence-electron chi connectivity index (χ4n) is 2.09. The maximum Gasteiger partial charge on any atom is 0.334 e. The molecule has 1 aliphatic rings. The van der Waals surface area contributed by atoms with E-state index in [1.165, 1.54) is 0 Å². The first kappa shape index (κ1) is 16.9. The Bertz CT molecular complexity index is 437. The summed E-state index contributed by atoms with van der Waals surface area (Å²) < 4.78 is 4.61. The molecule has 0 aromatic heterocycles. The second-order valence-electron chi connectivity index (χ2n) is 4.62. The van der Waals surface area contributed by atoms with E-state index in [4.69, 9.17) is 10.2 Å². The van der Waals surface area contributed by atoms with E-state index in [-0.39, 0.29) is 13.1 Å². The van der Waals surface area contributed by atoms with Crippen molar-refractivity contribution in [2.24, 2.45) is 0 Å². The zero-order chi connectivity index (χ0) is 16.0. The number of aliphatic carboxylic acids is 2. The third kappa shape index (κ3) is 4.42. The Morgan fingerprint density at radius 3 is 2.48 bits per heavy atom. The van der Waals surface area contributed by atoms with Gasteiger partial charge in [0.15, 0.2) is 6.10 Å². The fourth-order valence-corrected chi connectivity index (χ4v) is 2.09. The molecule has 21 heavy (non-hydrogen) atoms. The number of hydrogen-bond donors (Lipinski definition) is 3. The van der Waals surface area contributed by atoms with Crippen molar-refractivity contribution in [3.8, 4) is 0 Å². The van der Waals surface area contributed by atoms with Crippen LogP contribution in [0.3, 0.4) is 0 Å². The van der Waals surface area contributed by atoms with Gasteiger partial charge in [-0.05, 0) is 19.3 Å². The molecule has 2 atom stereocenters. The van der Waals surface area contributed by atoms with Crippen LogP contribution in [0, 0.1) is 0 Å². The predicted molar refractivity (Wildman–Crippen MR) is 68.4 cm³/mol. The molecule has 0 aromatic rings. The molecule has 1 rings (SSSR count). The molecule has 0 bridgehead atoms. The second-order valence-corrected chi connectivity index (χ2v) is 4.62. The number of amides is 2. The van der Waals surface area contributed by atoms with Crippen LogP contribution in [-0.2, 0) is 23.9 Å². The van der Waals surface area contributed by atoms with Gasteiger partial charge in [-0.3, -0.25) is 9.59 Å². The van der Waals surface area contributed by atoms with E-state index in [0.717, 1.165) is 12.0 Å². The lowest BCUT2D eigenvalue weighted by Gasteiger charge is -2.32. The summed E-state index contributed by atoms with van der Waals surface area (Å²) in [7, 11) is 1.16. The molecule has 1 aliphatic heterocycles. The molecular formula is C12H18N2O7. The van der Waals surface area contributed by atoms with E-state index in [1.54, 1.807) is 0 Å². The molecule has 0 radical (unpaired) electrons. The molecule has 9 heteroatoms. The fraction of sp³-hybridized carbons (Fsp3) is 0.667. The quantitative estimate of drug-likeness (QED) is 0.536. The molecule has 1 unspecified atom stereocenters. The van der Waals surface area contributed by atoms with Crippen LogP contribution in [0.4, 0.5) is 0 Å². The Morgan fingerprint density at radius 1 is 1.29 bits per heavy atom. The lowest BCUT2D eigenvalue weighted by Crippen LogP contribution is -2.53. The average molecular weight is 302 g/mol. The molecule has 0 aliphatic carbocycles. The van der Waals surface area contributed by atoms with Crippen molar-refractivity contribution in [2.45, 2.75) is 31.4 Å². The third-order valence-electron chi connectivity index (χ3n) is 3.25. The van der Waals surface area contributed by atoms with E-state index in [9.17, 15) is 19.2 Å². The molecule has 1 heterocycles. The lowest BCUT2D eigenvalue weighted by atomic mass is 10.0. The van der Waals surface area contributed by atoms with E-state index >= 15 is 0 Å². The Kier molecular flexibility index (Phi) is 6.10. The molecule has 118 valence electrons. The highest BCUT2D eigenvalue weighted by Crippen LogP contribution is 2.17. The largest absolute Gasteiger partial charge is 0.480 e. The van der Waals surface area contributed by atoms with Crippen LogP contribution in [0.15, 0.2) is 0 Å². The number of carbonyl (C=O) groups excluding carboxylic acids is 2. The number of ether oxygens (including phenoxy) is 1. The van der Waals surface area contributed by atoms with Gasteiger partial charge in [-0.1, -0.05) is 0 Å². The lowest BCUT2D eigenvalue weighted by molar-refractivity contribution is -0.156. The minimum absolute atomic E-state index is 0.190. The van der Waals surface area contributed by atoms with Crippen LogP contribution in [0.5, 0.6) is 0 Å². The van der Waals surface area contributed by atoms with Crippen LogP contribution < -0.4 is 5.32 Å². The van der Waals surface area contributed by atoms with E-state index < -0.39 is 35.9 Å². The van der Waals surface area contributed by atoms with Gasteiger partial charge in [0.05, 0.1) is 6.54 Å². The summed E-state index contributed by atoms with van der Waals surface area (Å²) in [5.74, 6) is -4.43. The van der Waals surface area contributed by atoms with Crippen molar-refractivity contribution < 1.29 is 34.1 Å². The first-order valence-electron chi connectivity index (χ1n) is 6.45. The third-order valence-corrected chi connectivity index (χ3v) is 3.25. The minimum Gasteiger partial charge on any atom is -0.480 e. The number of nitrogens with one attached hydrogen (secondary N) is 1. The zero-order valence-corrected chi connectivity index (χ0v) is 11.6. The van der Waals surface area contributed by atoms with Gasteiger partial charge >= 0.3 is 23.8 Å². The van der Waals surface area contributed by atoms with E-state index in [2.05, 4.69) is 10.1 Å². The highest BCUT2D eigenvalue weighted by atomic mass is 16.5. The number of hydrogen-bond acceptors (Lipinski definition) is 5. The van der Waals surface area contributed by atoms with Crippen LogP contribution >= 0.6 is 0 Å². The average Bonchev–Trinajstić information content (AvgIpc) is 2.46. The van der Waals surface area contributed by atoms with E-state index in [0.29, 0.717) is 19.3 Å². The molecule has 0 aromatic carbocycles. The number of piperidine rings is 1. The van der Waals surface area contributed by atoms with Crippen LogP contribution in [0.2, 0.25) is 0 Å². The number of carbonyl (C=O) groups is 4. The number of carboxylic acids is 2. The normalized spacial score (nSPS) is 19.7. The monoisotopic (exact) mass is 302 g/mol. The van der Waals surface area contributed by atoms with Crippen molar-refractivity contribution >= 4 is 23.8 Å². The minimum atomic E-state index is -1.27. The number of rotatable bonds is 5. The van der Waals surface area contributed by atoms with Crippen molar-refractivity contribution in [3.05, 3.63) is 0 Å². The van der Waals surface area contributed by atoms with Gasteiger partial charge in [0.2, 0.25) is 0 Å². The Labute approximate surface area is 120 Å². The van der Waals surface area contributed by atoms with Crippen molar-refractivity contribution in [3.63, 3.8) is 0 Å². The van der Waals surface area contributed by atoms with Crippen LogP contribution in [0.1, 0.15) is 19.3 Å². The standard InChI is InChI=1S/C12H18N2O7/c1-21-8(12(19)20)6-13-9(15)10(16)14-5-3-2-4-7(14)11(17)18/h7-8H,2-6H2,1H3,(H,13,15)(H,17,18)(H,19,20)/t7-,8?/m1/s1. The molecule has 1 fully saturated rings. The maximum absolute atomic E-state index is 11.9. The summed E-state index contributed by atoms with van der Waals surface area (Å²) in [6.07, 6.45) is 0.328. The van der Waals surface area contributed by atoms with Crippen LogP contribution in [-0.4, -0.2) is 71.2 Å². The summed E-state index contributed by atoms with van der Waals surface area (Å²) in [4.78, 5) is 46.4. The van der Waals surface area contributed by atoms with Gasteiger partial charge in [-0.25, -0.2) is 9.59 Å². The molecule has 1 saturated heterocycles. The Hall–Kier alpha value is -2.16. The summed E-state index contributed by atoms with van der Waals surface area (Å²) in [6.45, 7) is -0.183. The van der Waals surface area contributed by atoms with Crippen molar-refractivity contribution in [1.29, 1.82) is 0 Å². The SMILES string of the molecule is COC(CNC(=O)C(=O)N1CCCC[C@@H]1C(=O)O)C(=O)O. The molecule has 9 nitrogen and oxygen atoms in total. The molecular weight excluding hydrogens is 284 g/mol. The zero-order valence-electron chi connectivity index (χ0n) is 11.6. The molecule has 0 saturated carbocycles. The summed E-state index contributed by atoms with van der Waals surface area (Å²) in [6, 6.07) is -1.02. The second kappa shape index (κ2) is 7.58. The summed E-state index contributed by atoms with van der Waals surface area (Å²) >= 11 is 0. The topological polar surface area (TPSA) is 133 Å². The van der Waals surface area contributed by atoms with Gasteiger partial charge in [0.1, 0.15) is 6.04 Å². The number of methoxy groups -OCH3 is 1. The van der Waals surface area contributed by atoms with Gasteiger partial charge < -0.3 is 25.2 Å². The highest BCUT2D eigenvalue weighted by molar-refractivity contribution is 6.35. The number of likely N-dealkylation sites (tertiary alicyclic amines) is 1. The van der Waals surface area contributed by atoms with Gasteiger partial charge in [-0.15, -0.1) is 0 Å². The summed E-state index contributed by atoms with van der Waals surface area (Å²) in [5.41, 5.74) is 0. The number of nitrogens with zero attached hydrogens (tertiary/aromatic N) is 1. The van der Waals surface area contributed by atoms with Crippen LogP contribution in [0.25, 0.3) is 0 Å². The Balaban J connectivity index is 2.62. The Morgan fingerprint density at radius 2 is 1.95 bits per heavy atom. The molecule has 0 spiro atoms. The molecule has 2 amide bonds. The predicted octanol–water partition coefficient (Wildman–Crippen LogP) is -1.33. The first-order chi connectivity index (χ1) is 9.88.